The molecule has 1 fully saturated rings. The van der Waals surface area contributed by atoms with Gasteiger partial charge in [-0.15, -0.1) is 0 Å². The lowest BCUT2D eigenvalue weighted by atomic mass is 9.88. The fourth-order valence-corrected chi connectivity index (χ4v) is 1.29. The molecular weight excluding hydrogens is 122 g/mol. The fourth-order valence-electron chi connectivity index (χ4n) is 1.29. The Morgan fingerprint density at radius 2 is 1.50 bits per heavy atom. The van der Waals surface area contributed by atoms with Crippen LogP contribution in [0.15, 0.2) is 0 Å². The zero-order valence-corrected chi connectivity index (χ0v) is 7.56. The van der Waals surface area contributed by atoms with Crippen molar-refractivity contribution in [2.45, 2.75) is 52.5 Å². The number of hydrogen-bond acceptors (Lipinski definition) is 1. The van der Waals surface area contributed by atoms with Gasteiger partial charge < -0.3 is 5.73 Å². The van der Waals surface area contributed by atoms with Crippen LogP contribution in [0.3, 0.4) is 0 Å². The molecule has 0 aromatic heterocycles. The van der Waals surface area contributed by atoms with Crippen molar-refractivity contribution in [3.8, 4) is 0 Å². The molecule has 10 heavy (non-hydrogen) atoms. The molecule has 1 rings (SSSR count). The van der Waals surface area contributed by atoms with Crippen LogP contribution in [0.5, 0.6) is 0 Å². The van der Waals surface area contributed by atoms with E-state index in [0.717, 1.165) is 5.92 Å². The van der Waals surface area contributed by atoms with Gasteiger partial charge in [0.1, 0.15) is 0 Å². The van der Waals surface area contributed by atoms with Crippen molar-refractivity contribution < 1.29 is 1.43 Å². The minimum Gasteiger partial charge on any atom is -0.328 e. The van der Waals surface area contributed by atoms with E-state index in [4.69, 9.17) is 5.73 Å². The summed E-state index contributed by atoms with van der Waals surface area (Å²) in [5.74, 6) is 0.940. The Morgan fingerprint density at radius 3 is 1.80 bits per heavy atom. The van der Waals surface area contributed by atoms with Gasteiger partial charge in [0, 0.05) is 7.47 Å². The van der Waals surface area contributed by atoms with Crippen molar-refractivity contribution in [2.75, 3.05) is 0 Å². The van der Waals surface area contributed by atoms with Gasteiger partial charge in [0.2, 0.25) is 0 Å². The van der Waals surface area contributed by atoms with Crippen LogP contribution < -0.4 is 5.73 Å². The minimum absolute atomic E-state index is 0. The SMILES string of the molecule is CC.CC1CCC(N)CC1.[HH]. The molecule has 64 valence electrons. The second-order valence-corrected chi connectivity index (χ2v) is 3.02. The summed E-state index contributed by atoms with van der Waals surface area (Å²) in [5, 5.41) is 0. The van der Waals surface area contributed by atoms with Crippen molar-refractivity contribution in [2.24, 2.45) is 11.7 Å². The first kappa shape index (κ1) is 9.96. The van der Waals surface area contributed by atoms with Crippen LogP contribution in [0, 0.1) is 5.92 Å². The van der Waals surface area contributed by atoms with Crippen molar-refractivity contribution >= 4 is 0 Å². The number of hydrogen-bond donors (Lipinski definition) is 1. The lowest BCUT2D eigenvalue weighted by Crippen LogP contribution is -2.25. The Balaban J connectivity index is 0. The van der Waals surface area contributed by atoms with Crippen LogP contribution in [0.25, 0.3) is 0 Å². The Bertz CT molecular complexity index is 58.0. The first-order valence-electron chi connectivity index (χ1n) is 4.54. The third kappa shape index (κ3) is 3.89. The van der Waals surface area contributed by atoms with Gasteiger partial charge in [-0.2, -0.15) is 0 Å². The number of rotatable bonds is 0. The van der Waals surface area contributed by atoms with Crippen LogP contribution in [0.2, 0.25) is 0 Å². The highest BCUT2D eigenvalue weighted by molar-refractivity contribution is 4.70. The summed E-state index contributed by atoms with van der Waals surface area (Å²) in [5.41, 5.74) is 5.70. The highest BCUT2D eigenvalue weighted by Crippen LogP contribution is 2.21. The monoisotopic (exact) mass is 145 g/mol. The summed E-state index contributed by atoms with van der Waals surface area (Å²) >= 11 is 0. The van der Waals surface area contributed by atoms with E-state index < -0.39 is 0 Å². The maximum absolute atomic E-state index is 5.70. The van der Waals surface area contributed by atoms with E-state index in [9.17, 15) is 0 Å². The zero-order valence-electron chi connectivity index (χ0n) is 7.56. The Kier molecular flexibility index (Phi) is 5.70. The summed E-state index contributed by atoms with van der Waals surface area (Å²) in [6.07, 6.45) is 5.20. The molecule has 1 saturated carbocycles. The molecule has 0 atom stereocenters. The van der Waals surface area contributed by atoms with Gasteiger partial charge in [-0.25, -0.2) is 0 Å². The van der Waals surface area contributed by atoms with E-state index in [1.54, 1.807) is 0 Å². The molecule has 0 unspecified atom stereocenters. The fraction of sp³-hybridized carbons (Fsp3) is 1.00. The highest BCUT2D eigenvalue weighted by Gasteiger charge is 2.13. The van der Waals surface area contributed by atoms with Gasteiger partial charge in [-0.1, -0.05) is 20.8 Å². The Morgan fingerprint density at radius 1 is 1.10 bits per heavy atom. The summed E-state index contributed by atoms with van der Waals surface area (Å²) in [6, 6.07) is 0.520. The van der Waals surface area contributed by atoms with Crippen LogP contribution >= 0.6 is 0 Å². The Hall–Kier alpha value is -0.0400. The molecule has 0 bridgehead atoms. The molecule has 1 aliphatic carbocycles. The molecule has 0 amide bonds. The van der Waals surface area contributed by atoms with E-state index in [1.165, 1.54) is 25.7 Å². The second-order valence-electron chi connectivity index (χ2n) is 3.02. The lowest BCUT2D eigenvalue weighted by Gasteiger charge is -2.22. The first-order valence-corrected chi connectivity index (χ1v) is 4.54. The van der Waals surface area contributed by atoms with Crippen molar-refractivity contribution in [3.63, 3.8) is 0 Å². The molecule has 0 aromatic carbocycles. The molecule has 0 aromatic rings. The summed E-state index contributed by atoms with van der Waals surface area (Å²) < 4.78 is 0. The number of nitrogens with two attached hydrogens (primary N) is 1. The second kappa shape index (κ2) is 5.72. The molecule has 0 aliphatic heterocycles. The molecule has 0 heterocycles. The predicted molar refractivity (Wildman–Crippen MR) is 49.1 cm³/mol. The molecule has 0 saturated heterocycles. The molecule has 2 N–H and O–H groups in total. The van der Waals surface area contributed by atoms with Gasteiger partial charge in [0.05, 0.1) is 0 Å². The van der Waals surface area contributed by atoms with Crippen LogP contribution in [0.1, 0.15) is 47.9 Å². The third-order valence-electron chi connectivity index (χ3n) is 2.06. The smallest absolute Gasteiger partial charge is 0.00390 e. The van der Waals surface area contributed by atoms with Gasteiger partial charge in [-0.3, -0.25) is 0 Å². The normalized spacial score (nSPS) is 32.4. The van der Waals surface area contributed by atoms with Crippen molar-refractivity contribution in [3.05, 3.63) is 0 Å². The minimum atomic E-state index is 0. The van der Waals surface area contributed by atoms with Gasteiger partial charge in [0.15, 0.2) is 0 Å². The summed E-state index contributed by atoms with van der Waals surface area (Å²) in [6.45, 7) is 6.31. The topological polar surface area (TPSA) is 26.0 Å². The molecular formula is C9H23N. The van der Waals surface area contributed by atoms with Crippen molar-refractivity contribution in [1.29, 1.82) is 0 Å². The summed E-state index contributed by atoms with van der Waals surface area (Å²) in [4.78, 5) is 0. The maximum atomic E-state index is 5.70. The summed E-state index contributed by atoms with van der Waals surface area (Å²) in [7, 11) is 0. The van der Waals surface area contributed by atoms with E-state index in [-0.39, 0.29) is 1.43 Å². The standard InChI is InChI=1S/C7H15N.C2H6.H2/c1-6-2-4-7(8)5-3-6;1-2;/h6-7H,2-5,8H2,1H3;1-2H3;1H. The predicted octanol–water partition coefficient (Wildman–Crippen LogP) is 2.80. The molecule has 1 heteroatoms. The van der Waals surface area contributed by atoms with E-state index >= 15 is 0 Å². The van der Waals surface area contributed by atoms with Crippen LogP contribution in [-0.4, -0.2) is 6.04 Å². The highest BCUT2D eigenvalue weighted by atomic mass is 14.6. The maximum Gasteiger partial charge on any atom is 0.00390 e. The van der Waals surface area contributed by atoms with Crippen LogP contribution in [-0.2, 0) is 0 Å². The molecule has 0 radical (unpaired) electrons. The average Bonchev–Trinajstić information content (AvgIpc) is 2.00. The molecule has 0 spiro atoms. The van der Waals surface area contributed by atoms with Crippen LogP contribution in [0.4, 0.5) is 0 Å². The third-order valence-corrected chi connectivity index (χ3v) is 2.06. The lowest BCUT2D eigenvalue weighted by molar-refractivity contribution is 0.348. The van der Waals surface area contributed by atoms with E-state index in [2.05, 4.69) is 6.92 Å². The quantitative estimate of drug-likeness (QED) is 0.557. The van der Waals surface area contributed by atoms with Gasteiger partial charge in [0.25, 0.3) is 0 Å². The molecule has 1 nitrogen and oxygen atoms in total. The Labute approximate surface area is 66.5 Å². The average molecular weight is 145 g/mol. The first-order chi connectivity index (χ1) is 4.79. The molecule has 1 aliphatic rings. The zero-order chi connectivity index (χ0) is 7.98. The van der Waals surface area contributed by atoms with E-state index in [0.29, 0.717) is 6.04 Å². The van der Waals surface area contributed by atoms with Crippen molar-refractivity contribution in [1.82, 2.24) is 0 Å². The van der Waals surface area contributed by atoms with Gasteiger partial charge in [-0.05, 0) is 31.6 Å². The van der Waals surface area contributed by atoms with Gasteiger partial charge >= 0.3 is 0 Å². The largest absolute Gasteiger partial charge is 0.328 e. The van der Waals surface area contributed by atoms with E-state index in [1.807, 2.05) is 13.8 Å².